The fourth-order valence-electron chi connectivity index (χ4n) is 2.97. The lowest BCUT2D eigenvalue weighted by molar-refractivity contribution is -0.112. The minimum atomic E-state index is -0.385. The molecule has 0 atom stereocenters. The molecule has 2 aromatic carbocycles. The molecule has 4 aromatic rings. The lowest BCUT2D eigenvalue weighted by atomic mass is 10.0. The Hall–Kier alpha value is -3.57. The summed E-state index contributed by atoms with van der Waals surface area (Å²) in [6.07, 6.45) is 5.19. The molecular formula is C22H17ClN4O. The van der Waals surface area contributed by atoms with Gasteiger partial charge in [0.1, 0.15) is 5.65 Å². The van der Waals surface area contributed by atoms with Crippen molar-refractivity contribution >= 4 is 40.3 Å². The first-order valence-corrected chi connectivity index (χ1v) is 9.05. The molecule has 138 valence electrons. The van der Waals surface area contributed by atoms with Gasteiger partial charge >= 0.3 is 0 Å². The van der Waals surface area contributed by atoms with Crippen molar-refractivity contribution in [3.8, 4) is 11.1 Å². The summed E-state index contributed by atoms with van der Waals surface area (Å²) in [6.45, 7) is 0. The highest BCUT2D eigenvalue weighted by molar-refractivity contribution is 6.32. The van der Waals surface area contributed by atoms with E-state index < -0.39 is 0 Å². The second-order valence-corrected chi connectivity index (χ2v) is 6.66. The number of nitrogens with one attached hydrogen (secondary N) is 2. The number of aromatic amines is 1. The number of amides is 1. The number of aromatic nitrogens is 2. The van der Waals surface area contributed by atoms with E-state index in [1.807, 2.05) is 54.7 Å². The highest BCUT2D eigenvalue weighted by Gasteiger charge is 2.09. The molecule has 28 heavy (non-hydrogen) atoms. The summed E-state index contributed by atoms with van der Waals surface area (Å²) in [7, 11) is 0. The highest BCUT2D eigenvalue weighted by Crippen LogP contribution is 2.28. The van der Waals surface area contributed by atoms with Gasteiger partial charge in [0.25, 0.3) is 5.91 Å². The summed E-state index contributed by atoms with van der Waals surface area (Å²) in [5.74, 6) is -0.385. The molecule has 0 spiro atoms. The van der Waals surface area contributed by atoms with E-state index in [9.17, 15) is 4.79 Å². The maximum absolute atomic E-state index is 12.4. The summed E-state index contributed by atoms with van der Waals surface area (Å²) >= 11 is 6.10. The summed E-state index contributed by atoms with van der Waals surface area (Å²) in [6, 6.07) is 18.7. The SMILES string of the molecule is NC(=Cc1ccccc1Cl)C(=O)Nc1ccc(-c2ccnc3[nH]ccc23)cc1. The molecular weight excluding hydrogens is 372 g/mol. The summed E-state index contributed by atoms with van der Waals surface area (Å²) in [5.41, 5.74) is 10.3. The highest BCUT2D eigenvalue weighted by atomic mass is 35.5. The second kappa shape index (κ2) is 7.58. The largest absolute Gasteiger partial charge is 0.394 e. The van der Waals surface area contributed by atoms with Gasteiger partial charge < -0.3 is 16.0 Å². The number of benzene rings is 2. The lowest BCUT2D eigenvalue weighted by Crippen LogP contribution is -2.19. The zero-order valence-corrected chi connectivity index (χ0v) is 15.6. The number of anilines is 1. The van der Waals surface area contributed by atoms with Crippen molar-refractivity contribution in [3.05, 3.63) is 89.3 Å². The van der Waals surface area contributed by atoms with Crippen LogP contribution < -0.4 is 11.1 Å². The smallest absolute Gasteiger partial charge is 0.271 e. The number of hydrogen-bond acceptors (Lipinski definition) is 3. The van der Waals surface area contributed by atoms with Crippen molar-refractivity contribution in [2.24, 2.45) is 5.73 Å². The molecule has 2 heterocycles. The van der Waals surface area contributed by atoms with Gasteiger partial charge in [0.15, 0.2) is 0 Å². The van der Waals surface area contributed by atoms with Gasteiger partial charge in [-0.25, -0.2) is 4.98 Å². The van der Waals surface area contributed by atoms with Gasteiger partial charge in [0.2, 0.25) is 0 Å². The third kappa shape index (κ3) is 3.61. The van der Waals surface area contributed by atoms with Crippen LogP contribution in [0.1, 0.15) is 5.56 Å². The van der Waals surface area contributed by atoms with Crippen LogP contribution in [0.4, 0.5) is 5.69 Å². The summed E-state index contributed by atoms with van der Waals surface area (Å²) in [5, 5.41) is 4.38. The van der Waals surface area contributed by atoms with Gasteiger partial charge in [-0.05, 0) is 53.1 Å². The molecule has 2 aromatic heterocycles. The zero-order valence-electron chi connectivity index (χ0n) is 14.8. The van der Waals surface area contributed by atoms with Crippen molar-refractivity contribution in [1.82, 2.24) is 9.97 Å². The molecule has 0 bridgehead atoms. The van der Waals surface area contributed by atoms with E-state index in [1.165, 1.54) is 0 Å². The number of hydrogen-bond donors (Lipinski definition) is 3. The Morgan fingerprint density at radius 2 is 1.86 bits per heavy atom. The van der Waals surface area contributed by atoms with E-state index in [1.54, 1.807) is 24.4 Å². The molecule has 0 unspecified atom stereocenters. The van der Waals surface area contributed by atoms with Crippen LogP contribution in [0.3, 0.4) is 0 Å². The maximum Gasteiger partial charge on any atom is 0.271 e. The van der Waals surface area contributed by atoms with E-state index in [0.29, 0.717) is 16.3 Å². The van der Waals surface area contributed by atoms with Gasteiger partial charge in [-0.1, -0.05) is 41.9 Å². The minimum Gasteiger partial charge on any atom is -0.394 e. The van der Waals surface area contributed by atoms with E-state index in [4.69, 9.17) is 17.3 Å². The van der Waals surface area contributed by atoms with E-state index in [-0.39, 0.29) is 11.6 Å². The number of H-pyrrole nitrogens is 1. The van der Waals surface area contributed by atoms with Gasteiger partial charge in [-0.15, -0.1) is 0 Å². The molecule has 1 amide bonds. The Kier molecular flexibility index (Phi) is 4.83. The fraction of sp³-hybridized carbons (Fsp3) is 0. The second-order valence-electron chi connectivity index (χ2n) is 6.25. The molecule has 4 rings (SSSR count). The van der Waals surface area contributed by atoms with Crippen molar-refractivity contribution < 1.29 is 4.79 Å². The van der Waals surface area contributed by atoms with Crippen LogP contribution in [0.5, 0.6) is 0 Å². The predicted molar refractivity (Wildman–Crippen MR) is 114 cm³/mol. The Bertz CT molecular complexity index is 1180. The number of pyridine rings is 1. The van der Waals surface area contributed by atoms with Crippen molar-refractivity contribution in [2.45, 2.75) is 0 Å². The first kappa shape index (κ1) is 17.8. The van der Waals surface area contributed by atoms with Crippen molar-refractivity contribution in [3.63, 3.8) is 0 Å². The Morgan fingerprint density at radius 3 is 2.64 bits per heavy atom. The third-order valence-electron chi connectivity index (χ3n) is 4.39. The number of carbonyl (C=O) groups is 1. The van der Waals surface area contributed by atoms with Gasteiger partial charge in [0, 0.05) is 28.5 Å². The van der Waals surface area contributed by atoms with Gasteiger partial charge in [-0.2, -0.15) is 0 Å². The van der Waals surface area contributed by atoms with Crippen LogP contribution in [-0.2, 0) is 4.79 Å². The Balaban J connectivity index is 1.52. The number of nitrogens with zero attached hydrogens (tertiary/aromatic N) is 1. The quantitative estimate of drug-likeness (QED) is 0.438. The maximum atomic E-state index is 12.4. The molecule has 0 fully saturated rings. The Labute approximate surface area is 166 Å². The monoisotopic (exact) mass is 388 g/mol. The van der Waals surface area contributed by atoms with E-state index >= 15 is 0 Å². The molecule has 5 nitrogen and oxygen atoms in total. The number of rotatable bonds is 4. The number of nitrogens with two attached hydrogens (primary N) is 1. The summed E-state index contributed by atoms with van der Waals surface area (Å²) < 4.78 is 0. The molecule has 4 N–H and O–H groups in total. The molecule has 6 heteroatoms. The average molecular weight is 389 g/mol. The minimum absolute atomic E-state index is 0.0836. The summed E-state index contributed by atoms with van der Waals surface area (Å²) in [4.78, 5) is 19.8. The van der Waals surface area contributed by atoms with Crippen LogP contribution in [0.25, 0.3) is 28.2 Å². The fourth-order valence-corrected chi connectivity index (χ4v) is 3.16. The molecule has 0 aliphatic heterocycles. The number of fused-ring (bicyclic) bond motifs is 1. The van der Waals surface area contributed by atoms with Crippen molar-refractivity contribution in [1.29, 1.82) is 0 Å². The number of carbonyl (C=O) groups excluding carboxylic acids is 1. The van der Waals surface area contributed by atoms with Crippen LogP contribution in [0.15, 0.2) is 78.8 Å². The lowest BCUT2D eigenvalue weighted by Gasteiger charge is -2.08. The molecule has 0 aliphatic rings. The van der Waals surface area contributed by atoms with Crippen molar-refractivity contribution in [2.75, 3.05) is 5.32 Å². The topological polar surface area (TPSA) is 83.8 Å². The van der Waals surface area contributed by atoms with Gasteiger partial charge in [0.05, 0.1) is 5.70 Å². The third-order valence-corrected chi connectivity index (χ3v) is 4.74. The first-order chi connectivity index (χ1) is 13.6. The zero-order chi connectivity index (χ0) is 19.5. The van der Waals surface area contributed by atoms with Crippen LogP contribution in [-0.4, -0.2) is 15.9 Å². The van der Waals surface area contributed by atoms with E-state index in [0.717, 1.165) is 22.2 Å². The standard InChI is InChI=1S/C22H17ClN4O/c23-19-4-2-1-3-15(19)13-20(24)22(28)27-16-7-5-14(6-8-16)17-9-11-25-21-18(17)10-12-26-21/h1-13H,24H2,(H,25,26)(H,27,28). The van der Waals surface area contributed by atoms with Crippen LogP contribution in [0.2, 0.25) is 5.02 Å². The van der Waals surface area contributed by atoms with Crippen LogP contribution >= 0.6 is 11.6 Å². The molecule has 0 aliphatic carbocycles. The average Bonchev–Trinajstić information content (AvgIpc) is 3.19. The number of halogens is 1. The molecule has 0 radical (unpaired) electrons. The Morgan fingerprint density at radius 1 is 1.07 bits per heavy atom. The van der Waals surface area contributed by atoms with Crippen LogP contribution in [0, 0.1) is 0 Å². The van der Waals surface area contributed by atoms with E-state index in [2.05, 4.69) is 15.3 Å². The van der Waals surface area contributed by atoms with Gasteiger partial charge in [-0.3, -0.25) is 4.79 Å². The normalized spacial score (nSPS) is 11.5. The predicted octanol–water partition coefficient (Wildman–Crippen LogP) is 4.82. The molecule has 0 saturated heterocycles. The molecule has 0 saturated carbocycles. The first-order valence-electron chi connectivity index (χ1n) is 8.67.